The highest BCUT2D eigenvalue weighted by molar-refractivity contribution is 9.10. The Morgan fingerprint density at radius 2 is 2.29 bits per heavy atom. The van der Waals surface area contributed by atoms with Gasteiger partial charge in [-0.05, 0) is 34.7 Å². The molecule has 1 aliphatic rings. The molecular weight excluding hydrogens is 260 g/mol. The molecule has 14 heavy (non-hydrogen) atoms. The van der Waals surface area contributed by atoms with Gasteiger partial charge < -0.3 is 0 Å². The van der Waals surface area contributed by atoms with Gasteiger partial charge in [-0.2, -0.15) is 11.3 Å². The molecule has 1 heterocycles. The standard InChI is InChI=1S/C11H13BrOS/c1-7-3-2-4-8(7)11(13)9-5-14-6-10(9)12/h5-8H,2-4H2,1H3. The summed E-state index contributed by atoms with van der Waals surface area (Å²) in [6, 6.07) is 0. The Balaban J connectivity index is 2.20. The van der Waals surface area contributed by atoms with E-state index < -0.39 is 0 Å². The van der Waals surface area contributed by atoms with Crippen LogP contribution in [0.2, 0.25) is 0 Å². The Bertz CT molecular complexity index is 345. The fourth-order valence-corrected chi connectivity index (χ4v) is 3.67. The highest BCUT2D eigenvalue weighted by Gasteiger charge is 2.31. The second-order valence-electron chi connectivity index (χ2n) is 4.01. The normalized spacial score (nSPS) is 26.7. The van der Waals surface area contributed by atoms with Crippen molar-refractivity contribution in [3.05, 3.63) is 20.8 Å². The molecule has 1 saturated carbocycles. The van der Waals surface area contributed by atoms with Crippen LogP contribution < -0.4 is 0 Å². The molecule has 1 aromatic rings. The highest BCUT2D eigenvalue weighted by Crippen LogP contribution is 2.35. The first-order chi connectivity index (χ1) is 6.70. The zero-order valence-electron chi connectivity index (χ0n) is 8.13. The van der Waals surface area contributed by atoms with Gasteiger partial charge in [0, 0.05) is 26.7 Å². The maximum atomic E-state index is 12.1. The fraction of sp³-hybridized carbons (Fsp3) is 0.545. The van der Waals surface area contributed by atoms with Crippen LogP contribution in [0.1, 0.15) is 36.5 Å². The van der Waals surface area contributed by atoms with E-state index in [1.165, 1.54) is 12.8 Å². The molecule has 0 aromatic carbocycles. The van der Waals surface area contributed by atoms with E-state index in [-0.39, 0.29) is 5.92 Å². The molecule has 0 saturated heterocycles. The van der Waals surface area contributed by atoms with Crippen molar-refractivity contribution in [3.8, 4) is 0 Å². The third-order valence-corrected chi connectivity index (χ3v) is 4.78. The highest BCUT2D eigenvalue weighted by atomic mass is 79.9. The van der Waals surface area contributed by atoms with Crippen molar-refractivity contribution < 1.29 is 4.79 Å². The lowest BCUT2D eigenvalue weighted by Gasteiger charge is -2.12. The molecule has 0 bridgehead atoms. The first kappa shape index (κ1) is 10.4. The lowest BCUT2D eigenvalue weighted by atomic mass is 9.91. The Labute approximate surface area is 96.6 Å². The van der Waals surface area contributed by atoms with E-state index in [2.05, 4.69) is 22.9 Å². The summed E-state index contributed by atoms with van der Waals surface area (Å²) in [4.78, 5) is 12.1. The van der Waals surface area contributed by atoms with E-state index in [0.29, 0.717) is 11.7 Å². The van der Waals surface area contributed by atoms with Crippen LogP contribution >= 0.6 is 27.3 Å². The zero-order chi connectivity index (χ0) is 10.1. The molecule has 1 nitrogen and oxygen atoms in total. The minimum absolute atomic E-state index is 0.265. The predicted molar refractivity (Wildman–Crippen MR) is 62.9 cm³/mol. The molecule has 1 fully saturated rings. The van der Waals surface area contributed by atoms with E-state index in [1.807, 2.05) is 10.8 Å². The van der Waals surface area contributed by atoms with E-state index >= 15 is 0 Å². The quantitative estimate of drug-likeness (QED) is 0.740. The second kappa shape index (κ2) is 4.15. The summed E-state index contributed by atoms with van der Waals surface area (Å²) < 4.78 is 0.964. The Morgan fingerprint density at radius 3 is 2.79 bits per heavy atom. The number of halogens is 1. The summed E-state index contributed by atoms with van der Waals surface area (Å²) in [6.07, 6.45) is 3.49. The molecule has 76 valence electrons. The summed E-state index contributed by atoms with van der Waals surface area (Å²) in [5.41, 5.74) is 0.883. The molecule has 0 spiro atoms. The van der Waals surface area contributed by atoms with Crippen LogP contribution in [-0.4, -0.2) is 5.78 Å². The van der Waals surface area contributed by atoms with Crippen molar-refractivity contribution in [2.24, 2.45) is 11.8 Å². The molecule has 2 unspecified atom stereocenters. The van der Waals surface area contributed by atoms with Crippen LogP contribution in [0.25, 0.3) is 0 Å². The van der Waals surface area contributed by atoms with Gasteiger partial charge in [-0.1, -0.05) is 13.3 Å². The largest absolute Gasteiger partial charge is 0.294 e. The molecule has 2 atom stereocenters. The summed E-state index contributed by atoms with van der Waals surface area (Å²) in [5.74, 6) is 1.17. The van der Waals surface area contributed by atoms with Crippen molar-refractivity contribution in [2.45, 2.75) is 26.2 Å². The van der Waals surface area contributed by atoms with E-state index in [4.69, 9.17) is 0 Å². The molecule has 1 aliphatic carbocycles. The Hall–Kier alpha value is -0.150. The number of carbonyl (C=O) groups excluding carboxylic acids is 1. The van der Waals surface area contributed by atoms with Crippen molar-refractivity contribution in [2.75, 3.05) is 0 Å². The first-order valence-electron chi connectivity index (χ1n) is 4.96. The molecular formula is C11H13BrOS. The Morgan fingerprint density at radius 1 is 1.50 bits per heavy atom. The van der Waals surface area contributed by atoms with E-state index in [1.54, 1.807) is 11.3 Å². The second-order valence-corrected chi connectivity index (χ2v) is 5.61. The molecule has 0 N–H and O–H groups in total. The SMILES string of the molecule is CC1CCCC1C(=O)c1cscc1Br. The van der Waals surface area contributed by atoms with Gasteiger partial charge in [0.15, 0.2) is 5.78 Å². The van der Waals surface area contributed by atoms with Gasteiger partial charge in [0.25, 0.3) is 0 Å². The molecule has 1 aromatic heterocycles. The summed E-state index contributed by atoms with van der Waals surface area (Å²) in [7, 11) is 0. The third-order valence-electron chi connectivity index (χ3n) is 3.08. The van der Waals surface area contributed by atoms with E-state index in [0.717, 1.165) is 16.5 Å². The van der Waals surface area contributed by atoms with Gasteiger partial charge >= 0.3 is 0 Å². The molecule has 0 aliphatic heterocycles. The average molecular weight is 273 g/mol. The molecule has 2 rings (SSSR count). The fourth-order valence-electron chi connectivity index (χ4n) is 2.19. The van der Waals surface area contributed by atoms with Gasteiger partial charge in [-0.15, -0.1) is 0 Å². The topological polar surface area (TPSA) is 17.1 Å². The summed E-state index contributed by atoms with van der Waals surface area (Å²) >= 11 is 5.01. The van der Waals surface area contributed by atoms with E-state index in [9.17, 15) is 4.79 Å². The minimum atomic E-state index is 0.265. The maximum Gasteiger partial charge on any atom is 0.168 e. The summed E-state index contributed by atoms with van der Waals surface area (Å²) in [5, 5.41) is 3.93. The van der Waals surface area contributed by atoms with Crippen molar-refractivity contribution >= 4 is 33.0 Å². The third kappa shape index (κ3) is 1.80. The van der Waals surface area contributed by atoms with Gasteiger partial charge in [-0.25, -0.2) is 0 Å². The van der Waals surface area contributed by atoms with Gasteiger partial charge in [0.05, 0.1) is 0 Å². The van der Waals surface area contributed by atoms with Gasteiger partial charge in [0.2, 0.25) is 0 Å². The number of carbonyl (C=O) groups is 1. The summed E-state index contributed by atoms with van der Waals surface area (Å²) in [6.45, 7) is 2.19. The Kier molecular flexibility index (Phi) is 3.07. The van der Waals surface area contributed by atoms with Crippen LogP contribution in [-0.2, 0) is 0 Å². The number of thiophene rings is 1. The molecule has 0 radical (unpaired) electrons. The average Bonchev–Trinajstić information content (AvgIpc) is 2.73. The van der Waals surface area contributed by atoms with Gasteiger partial charge in [-0.3, -0.25) is 4.79 Å². The van der Waals surface area contributed by atoms with Crippen molar-refractivity contribution in [1.29, 1.82) is 0 Å². The monoisotopic (exact) mass is 272 g/mol. The molecule has 0 amide bonds. The zero-order valence-corrected chi connectivity index (χ0v) is 10.5. The maximum absolute atomic E-state index is 12.1. The van der Waals surface area contributed by atoms with Crippen LogP contribution in [0.5, 0.6) is 0 Å². The van der Waals surface area contributed by atoms with Gasteiger partial charge in [0.1, 0.15) is 0 Å². The van der Waals surface area contributed by atoms with Crippen molar-refractivity contribution in [3.63, 3.8) is 0 Å². The lowest BCUT2D eigenvalue weighted by Crippen LogP contribution is -2.16. The number of rotatable bonds is 2. The minimum Gasteiger partial charge on any atom is -0.294 e. The lowest BCUT2D eigenvalue weighted by molar-refractivity contribution is 0.0897. The smallest absolute Gasteiger partial charge is 0.168 e. The number of hydrogen-bond acceptors (Lipinski definition) is 2. The number of Topliss-reactive ketones (excluding diaryl/α,β-unsaturated/α-hetero) is 1. The van der Waals surface area contributed by atoms with Crippen molar-refractivity contribution in [1.82, 2.24) is 0 Å². The van der Waals surface area contributed by atoms with Crippen LogP contribution in [0.3, 0.4) is 0 Å². The number of ketones is 1. The number of hydrogen-bond donors (Lipinski definition) is 0. The van der Waals surface area contributed by atoms with Crippen LogP contribution in [0, 0.1) is 11.8 Å². The molecule has 3 heteroatoms. The predicted octanol–water partition coefficient (Wildman–Crippen LogP) is 4.13. The van der Waals surface area contributed by atoms with Crippen LogP contribution in [0.15, 0.2) is 15.2 Å². The van der Waals surface area contributed by atoms with Crippen LogP contribution in [0.4, 0.5) is 0 Å². The first-order valence-corrected chi connectivity index (χ1v) is 6.69.